The Bertz CT molecular complexity index is 797. The molecule has 0 radical (unpaired) electrons. The van der Waals surface area contributed by atoms with Crippen LogP contribution in [0.5, 0.6) is 0 Å². The maximum Gasteiger partial charge on any atom is 0.318 e. The van der Waals surface area contributed by atoms with Gasteiger partial charge in [0.15, 0.2) is 0 Å². The first-order valence-corrected chi connectivity index (χ1v) is 9.18. The van der Waals surface area contributed by atoms with Crippen LogP contribution in [0.15, 0.2) is 30.6 Å². The summed E-state index contributed by atoms with van der Waals surface area (Å²) in [6.45, 7) is 2.04. The highest BCUT2D eigenvalue weighted by molar-refractivity contribution is 5.75. The second kappa shape index (κ2) is 6.21. The molecule has 4 rings (SSSR count). The average Bonchev–Trinajstić information content (AvgIpc) is 3.20. The Morgan fingerprint density at radius 2 is 2.28 bits per heavy atom. The molecule has 1 aromatic carbocycles. The van der Waals surface area contributed by atoms with E-state index in [1.165, 1.54) is 36.0 Å². The van der Waals surface area contributed by atoms with E-state index in [1.807, 2.05) is 33.4 Å². The fraction of sp³-hybridized carbons (Fsp3) is 0.500. The van der Waals surface area contributed by atoms with Crippen LogP contribution in [0.4, 0.5) is 4.79 Å². The zero-order valence-electron chi connectivity index (χ0n) is 15.2. The second-order valence-corrected chi connectivity index (χ2v) is 7.48. The van der Waals surface area contributed by atoms with E-state index in [4.69, 9.17) is 0 Å². The van der Waals surface area contributed by atoms with Crippen LogP contribution in [0.25, 0.3) is 0 Å². The maximum atomic E-state index is 12.8. The normalized spacial score (nSPS) is 22.4. The predicted octanol–water partition coefficient (Wildman–Crippen LogP) is 3.69. The van der Waals surface area contributed by atoms with Gasteiger partial charge in [0.2, 0.25) is 0 Å². The second-order valence-electron chi connectivity index (χ2n) is 7.48. The number of rotatable bonds is 3. The average molecular weight is 338 g/mol. The first kappa shape index (κ1) is 16.2. The van der Waals surface area contributed by atoms with Crippen LogP contribution in [0.3, 0.4) is 0 Å². The number of carbonyl (C=O) groups excluding carboxylic acids is 1. The molecule has 2 aliphatic carbocycles. The third kappa shape index (κ3) is 2.81. The minimum absolute atomic E-state index is 0.00705. The Morgan fingerprint density at radius 1 is 1.44 bits per heavy atom. The van der Waals surface area contributed by atoms with Gasteiger partial charge in [0, 0.05) is 25.9 Å². The number of nitrogens with one attached hydrogen (secondary N) is 1. The molecule has 5 nitrogen and oxygen atoms in total. The molecule has 5 heteroatoms. The number of nitrogens with zero attached hydrogens (tertiary/aromatic N) is 3. The first-order chi connectivity index (χ1) is 12.0. The van der Waals surface area contributed by atoms with Crippen molar-refractivity contribution in [3.05, 3.63) is 52.8 Å². The van der Waals surface area contributed by atoms with Crippen LogP contribution < -0.4 is 5.32 Å². The molecule has 0 aliphatic heterocycles. The lowest BCUT2D eigenvalue weighted by Gasteiger charge is -2.26. The van der Waals surface area contributed by atoms with Crippen molar-refractivity contribution in [3.8, 4) is 0 Å². The molecule has 3 atom stereocenters. The van der Waals surface area contributed by atoms with Gasteiger partial charge in [-0.25, -0.2) is 4.79 Å². The predicted molar refractivity (Wildman–Crippen MR) is 97.4 cm³/mol. The van der Waals surface area contributed by atoms with Gasteiger partial charge >= 0.3 is 6.03 Å². The van der Waals surface area contributed by atoms with Crippen molar-refractivity contribution < 1.29 is 4.79 Å². The summed E-state index contributed by atoms with van der Waals surface area (Å²) < 4.78 is 1.77. The van der Waals surface area contributed by atoms with Crippen molar-refractivity contribution in [2.75, 3.05) is 7.05 Å². The summed E-state index contributed by atoms with van der Waals surface area (Å²) >= 11 is 0. The van der Waals surface area contributed by atoms with Crippen LogP contribution in [-0.4, -0.2) is 27.8 Å². The summed E-state index contributed by atoms with van der Waals surface area (Å²) in [5, 5.41) is 7.48. The van der Waals surface area contributed by atoms with E-state index in [1.54, 1.807) is 9.58 Å². The van der Waals surface area contributed by atoms with Gasteiger partial charge in [-0.05, 0) is 55.2 Å². The number of hydrogen-bond acceptors (Lipinski definition) is 2. The lowest BCUT2D eigenvalue weighted by Crippen LogP contribution is -2.40. The molecule has 0 fully saturated rings. The van der Waals surface area contributed by atoms with Crippen LogP contribution in [0, 0.1) is 0 Å². The van der Waals surface area contributed by atoms with Gasteiger partial charge < -0.3 is 10.2 Å². The van der Waals surface area contributed by atoms with E-state index >= 15 is 0 Å². The number of urea groups is 1. The highest BCUT2D eigenvalue weighted by atomic mass is 16.2. The third-order valence-corrected chi connectivity index (χ3v) is 5.94. The summed E-state index contributed by atoms with van der Waals surface area (Å²) in [5.74, 6) is 0.617. The van der Waals surface area contributed by atoms with Crippen molar-refractivity contribution >= 4 is 6.03 Å². The van der Waals surface area contributed by atoms with Crippen molar-refractivity contribution in [1.82, 2.24) is 20.0 Å². The smallest absolute Gasteiger partial charge is 0.318 e. The molecule has 0 saturated heterocycles. The SMILES string of the molecule is CC(c1cnn(C)c1)N(C)C(=O)NC1CC2CCCc3cccc1c32. The number of aromatic nitrogens is 2. The molecule has 2 aromatic rings. The zero-order valence-corrected chi connectivity index (χ0v) is 15.2. The lowest BCUT2D eigenvalue weighted by atomic mass is 9.84. The largest absolute Gasteiger partial charge is 0.331 e. The van der Waals surface area contributed by atoms with Gasteiger partial charge in [-0.1, -0.05) is 18.2 Å². The molecule has 132 valence electrons. The summed E-state index contributed by atoms with van der Waals surface area (Å²) in [5.41, 5.74) is 5.38. The van der Waals surface area contributed by atoms with E-state index in [2.05, 4.69) is 28.6 Å². The van der Waals surface area contributed by atoms with Crippen LogP contribution in [0.1, 0.15) is 66.4 Å². The Kier molecular flexibility index (Phi) is 4.02. The van der Waals surface area contributed by atoms with E-state index in [0.717, 1.165) is 12.0 Å². The molecule has 1 N–H and O–H groups in total. The van der Waals surface area contributed by atoms with Gasteiger partial charge in [0.1, 0.15) is 0 Å². The van der Waals surface area contributed by atoms with E-state index < -0.39 is 0 Å². The molecule has 0 spiro atoms. The molecule has 25 heavy (non-hydrogen) atoms. The number of amides is 2. The summed E-state index contributed by atoms with van der Waals surface area (Å²) in [6.07, 6.45) is 8.51. The van der Waals surface area contributed by atoms with E-state index in [0.29, 0.717) is 5.92 Å². The van der Waals surface area contributed by atoms with Crippen molar-refractivity contribution in [2.24, 2.45) is 7.05 Å². The Balaban J connectivity index is 1.50. The van der Waals surface area contributed by atoms with Gasteiger partial charge in [0.05, 0.1) is 18.3 Å². The number of aryl methyl sites for hydroxylation is 2. The van der Waals surface area contributed by atoms with Gasteiger partial charge in [0.25, 0.3) is 0 Å². The summed E-state index contributed by atoms with van der Waals surface area (Å²) in [6, 6.07) is 6.70. The quantitative estimate of drug-likeness (QED) is 0.928. The standard InChI is InChI=1S/C20H26N4O/c1-13(16-11-21-23(2)12-16)24(3)20(25)22-18-10-15-8-4-6-14-7-5-9-17(18)19(14)15/h5,7,9,11-13,15,18H,4,6,8,10H2,1-3H3,(H,22,25). The van der Waals surface area contributed by atoms with Crippen molar-refractivity contribution in [3.63, 3.8) is 0 Å². The molecular formula is C20H26N4O. The summed E-state index contributed by atoms with van der Waals surface area (Å²) in [4.78, 5) is 14.6. The van der Waals surface area contributed by atoms with E-state index in [9.17, 15) is 4.79 Å². The van der Waals surface area contributed by atoms with Crippen LogP contribution in [-0.2, 0) is 13.5 Å². The molecule has 1 aromatic heterocycles. The fourth-order valence-corrected chi connectivity index (χ4v) is 4.43. The monoisotopic (exact) mass is 338 g/mol. The highest BCUT2D eigenvalue weighted by Crippen LogP contribution is 2.47. The fourth-order valence-electron chi connectivity index (χ4n) is 4.43. The molecular weight excluding hydrogens is 312 g/mol. The molecule has 0 bridgehead atoms. The Morgan fingerprint density at radius 3 is 3.04 bits per heavy atom. The minimum Gasteiger partial charge on any atom is -0.331 e. The number of hydrogen-bond donors (Lipinski definition) is 1. The maximum absolute atomic E-state index is 12.8. The molecule has 1 heterocycles. The summed E-state index contributed by atoms with van der Waals surface area (Å²) in [7, 11) is 3.75. The number of benzene rings is 1. The highest BCUT2D eigenvalue weighted by Gasteiger charge is 2.35. The van der Waals surface area contributed by atoms with Crippen molar-refractivity contribution in [2.45, 2.75) is 50.6 Å². The minimum atomic E-state index is -0.0161. The Hall–Kier alpha value is -2.30. The number of carbonyl (C=O) groups is 1. The van der Waals surface area contributed by atoms with E-state index in [-0.39, 0.29) is 18.1 Å². The molecule has 3 unspecified atom stereocenters. The first-order valence-electron chi connectivity index (χ1n) is 9.18. The zero-order chi connectivity index (χ0) is 17.6. The lowest BCUT2D eigenvalue weighted by molar-refractivity contribution is 0.190. The molecule has 2 amide bonds. The van der Waals surface area contributed by atoms with Gasteiger partial charge in [-0.15, -0.1) is 0 Å². The Labute approximate surface area is 149 Å². The third-order valence-electron chi connectivity index (χ3n) is 5.94. The van der Waals surface area contributed by atoms with Crippen LogP contribution in [0.2, 0.25) is 0 Å². The van der Waals surface area contributed by atoms with Gasteiger partial charge in [-0.2, -0.15) is 5.10 Å². The van der Waals surface area contributed by atoms with Crippen LogP contribution >= 0.6 is 0 Å². The molecule has 0 saturated carbocycles. The molecule has 2 aliphatic rings. The van der Waals surface area contributed by atoms with Gasteiger partial charge in [-0.3, -0.25) is 4.68 Å². The van der Waals surface area contributed by atoms with Crippen molar-refractivity contribution in [1.29, 1.82) is 0 Å². The topological polar surface area (TPSA) is 50.2 Å².